The van der Waals surface area contributed by atoms with Gasteiger partial charge in [0.1, 0.15) is 0 Å². The van der Waals surface area contributed by atoms with Crippen LogP contribution in [0.15, 0.2) is 10.7 Å². The summed E-state index contributed by atoms with van der Waals surface area (Å²) in [6.07, 6.45) is 2.64. The fraction of sp³-hybridized carbons (Fsp3) is 0.500. The quantitative estimate of drug-likeness (QED) is 0.885. The first-order chi connectivity index (χ1) is 6.13. The number of aromatic nitrogens is 2. The molecule has 72 valence electrons. The van der Waals surface area contributed by atoms with E-state index >= 15 is 0 Å². The van der Waals surface area contributed by atoms with Crippen LogP contribution in [-0.4, -0.2) is 16.1 Å². The molecule has 0 amide bonds. The molecule has 0 fully saturated rings. The fourth-order valence-corrected chi connectivity index (χ4v) is 1.01. The molecule has 2 N–H and O–H groups in total. The third-order valence-electron chi connectivity index (χ3n) is 1.62. The highest BCUT2D eigenvalue weighted by atomic mass is 79.9. The molecule has 0 saturated carbocycles. The van der Waals surface area contributed by atoms with Gasteiger partial charge in [-0.15, -0.1) is 0 Å². The maximum atomic E-state index is 5.50. The fourth-order valence-electron chi connectivity index (χ4n) is 0.721. The lowest BCUT2D eigenvalue weighted by molar-refractivity contribution is 0.207. The van der Waals surface area contributed by atoms with Gasteiger partial charge in [0, 0.05) is 0 Å². The largest absolute Gasteiger partial charge is 0.474 e. The van der Waals surface area contributed by atoms with Crippen molar-refractivity contribution < 1.29 is 4.74 Å². The summed E-state index contributed by atoms with van der Waals surface area (Å²) >= 11 is 3.28. The number of nitrogens with two attached hydrogens (primary N) is 1. The van der Waals surface area contributed by atoms with Gasteiger partial charge < -0.3 is 10.5 Å². The molecule has 13 heavy (non-hydrogen) atoms. The highest BCUT2D eigenvalue weighted by Crippen LogP contribution is 2.22. The summed E-state index contributed by atoms with van der Waals surface area (Å²) < 4.78 is 6.22. The number of ether oxygens (including phenoxy) is 1. The van der Waals surface area contributed by atoms with Gasteiger partial charge in [0.05, 0.1) is 16.8 Å². The van der Waals surface area contributed by atoms with E-state index in [-0.39, 0.29) is 12.1 Å². The second-order valence-corrected chi connectivity index (χ2v) is 3.57. The van der Waals surface area contributed by atoms with Crippen LogP contribution in [0, 0.1) is 0 Å². The number of anilines is 1. The Morgan fingerprint density at radius 1 is 1.69 bits per heavy atom. The Balaban J connectivity index is 2.81. The summed E-state index contributed by atoms with van der Waals surface area (Å²) in [5, 5.41) is 0. The number of nitrogens with zero attached hydrogens (tertiary/aromatic N) is 2. The lowest BCUT2D eigenvalue weighted by Gasteiger charge is -2.12. The summed E-state index contributed by atoms with van der Waals surface area (Å²) in [4.78, 5) is 7.77. The van der Waals surface area contributed by atoms with E-state index in [9.17, 15) is 0 Å². The first-order valence-corrected chi connectivity index (χ1v) is 4.87. The molecule has 0 aliphatic carbocycles. The van der Waals surface area contributed by atoms with E-state index in [1.54, 1.807) is 6.20 Å². The van der Waals surface area contributed by atoms with Crippen LogP contribution in [0.25, 0.3) is 0 Å². The molecule has 0 unspecified atom stereocenters. The summed E-state index contributed by atoms with van der Waals surface area (Å²) in [5.41, 5.74) is 5.42. The predicted molar refractivity (Wildman–Crippen MR) is 54.5 cm³/mol. The van der Waals surface area contributed by atoms with Gasteiger partial charge in [0.25, 0.3) is 0 Å². The van der Waals surface area contributed by atoms with Gasteiger partial charge in [-0.2, -0.15) is 4.98 Å². The van der Waals surface area contributed by atoms with Crippen molar-refractivity contribution >= 4 is 21.9 Å². The van der Waals surface area contributed by atoms with E-state index in [0.717, 1.165) is 10.9 Å². The van der Waals surface area contributed by atoms with E-state index in [2.05, 4.69) is 25.9 Å². The predicted octanol–water partition coefficient (Wildman–Crippen LogP) is 2.00. The van der Waals surface area contributed by atoms with Gasteiger partial charge in [-0.25, -0.2) is 4.98 Å². The van der Waals surface area contributed by atoms with Crippen LogP contribution < -0.4 is 10.5 Å². The highest BCUT2D eigenvalue weighted by molar-refractivity contribution is 9.10. The Morgan fingerprint density at radius 3 is 3.00 bits per heavy atom. The molecule has 1 aromatic rings. The van der Waals surface area contributed by atoms with Gasteiger partial charge in [-0.3, -0.25) is 0 Å². The normalized spacial score (nSPS) is 12.5. The van der Waals surface area contributed by atoms with E-state index in [1.807, 2.05) is 13.8 Å². The van der Waals surface area contributed by atoms with Crippen LogP contribution in [0.5, 0.6) is 5.88 Å². The molecule has 1 aromatic heterocycles. The second-order valence-electron chi connectivity index (χ2n) is 2.72. The molecule has 0 bridgehead atoms. The molecule has 0 aromatic carbocycles. The second kappa shape index (κ2) is 4.41. The van der Waals surface area contributed by atoms with Crippen LogP contribution >= 0.6 is 15.9 Å². The molecule has 0 aliphatic rings. The topological polar surface area (TPSA) is 61.0 Å². The van der Waals surface area contributed by atoms with Crippen LogP contribution in [0.4, 0.5) is 5.95 Å². The zero-order valence-corrected chi connectivity index (χ0v) is 9.21. The van der Waals surface area contributed by atoms with Crippen molar-refractivity contribution in [2.75, 3.05) is 5.73 Å². The van der Waals surface area contributed by atoms with Crippen molar-refractivity contribution in [1.82, 2.24) is 9.97 Å². The SMILES string of the molecule is CC[C@H](C)Oc1nc(N)ncc1Br. The third-order valence-corrected chi connectivity index (χ3v) is 2.16. The van der Waals surface area contributed by atoms with Crippen molar-refractivity contribution in [2.24, 2.45) is 0 Å². The number of rotatable bonds is 3. The number of hydrogen-bond acceptors (Lipinski definition) is 4. The summed E-state index contributed by atoms with van der Waals surface area (Å²) in [6, 6.07) is 0. The number of halogens is 1. The molecule has 1 atom stereocenters. The Hall–Kier alpha value is -0.840. The zero-order valence-electron chi connectivity index (χ0n) is 7.62. The minimum atomic E-state index is 0.130. The van der Waals surface area contributed by atoms with Crippen LogP contribution in [0.3, 0.4) is 0 Å². The maximum absolute atomic E-state index is 5.50. The lowest BCUT2D eigenvalue weighted by Crippen LogP contribution is -2.12. The molecular weight excluding hydrogens is 234 g/mol. The molecule has 1 heterocycles. The highest BCUT2D eigenvalue weighted by Gasteiger charge is 2.07. The van der Waals surface area contributed by atoms with Gasteiger partial charge >= 0.3 is 0 Å². The van der Waals surface area contributed by atoms with E-state index < -0.39 is 0 Å². The van der Waals surface area contributed by atoms with E-state index in [0.29, 0.717) is 5.88 Å². The zero-order chi connectivity index (χ0) is 9.84. The van der Waals surface area contributed by atoms with Crippen molar-refractivity contribution in [3.05, 3.63) is 10.7 Å². The summed E-state index contributed by atoms with van der Waals surface area (Å²) in [6.45, 7) is 4.02. The smallest absolute Gasteiger partial charge is 0.233 e. The standard InChI is InChI=1S/C8H12BrN3O/c1-3-5(2)13-7-6(9)4-11-8(10)12-7/h4-5H,3H2,1-2H3,(H2,10,11,12)/t5-/m0/s1. The van der Waals surface area contributed by atoms with E-state index in [4.69, 9.17) is 10.5 Å². The average Bonchev–Trinajstić information content (AvgIpc) is 2.11. The van der Waals surface area contributed by atoms with Gasteiger partial charge in [-0.05, 0) is 29.3 Å². The van der Waals surface area contributed by atoms with Crippen LogP contribution in [0.1, 0.15) is 20.3 Å². The van der Waals surface area contributed by atoms with Crippen molar-refractivity contribution in [3.8, 4) is 5.88 Å². The molecule has 0 spiro atoms. The Morgan fingerprint density at radius 2 is 2.38 bits per heavy atom. The summed E-state index contributed by atoms with van der Waals surface area (Å²) in [5.74, 6) is 0.725. The minimum Gasteiger partial charge on any atom is -0.474 e. The van der Waals surface area contributed by atoms with E-state index in [1.165, 1.54) is 0 Å². The van der Waals surface area contributed by atoms with Gasteiger partial charge in [0.15, 0.2) is 0 Å². The van der Waals surface area contributed by atoms with Crippen molar-refractivity contribution in [2.45, 2.75) is 26.4 Å². The van der Waals surface area contributed by atoms with Crippen molar-refractivity contribution in [3.63, 3.8) is 0 Å². The van der Waals surface area contributed by atoms with Gasteiger partial charge in [-0.1, -0.05) is 6.92 Å². The molecule has 0 saturated heterocycles. The Bertz CT molecular complexity index is 293. The molecule has 0 radical (unpaired) electrons. The Kier molecular flexibility index (Phi) is 3.48. The summed E-state index contributed by atoms with van der Waals surface area (Å²) in [7, 11) is 0. The lowest BCUT2D eigenvalue weighted by atomic mass is 10.3. The van der Waals surface area contributed by atoms with Crippen molar-refractivity contribution in [1.29, 1.82) is 0 Å². The molecule has 1 rings (SSSR count). The average molecular weight is 246 g/mol. The monoisotopic (exact) mass is 245 g/mol. The van der Waals surface area contributed by atoms with Gasteiger partial charge in [0.2, 0.25) is 11.8 Å². The maximum Gasteiger partial charge on any atom is 0.233 e. The number of nitrogen functional groups attached to an aromatic ring is 1. The van der Waals surface area contributed by atoms with Crippen LogP contribution in [0.2, 0.25) is 0 Å². The third kappa shape index (κ3) is 2.84. The first-order valence-electron chi connectivity index (χ1n) is 4.08. The number of hydrogen-bond donors (Lipinski definition) is 1. The first kappa shape index (κ1) is 10.2. The molecule has 4 nitrogen and oxygen atoms in total. The minimum absolute atomic E-state index is 0.130. The molecular formula is C8H12BrN3O. The Labute approximate surface area is 85.7 Å². The molecule has 0 aliphatic heterocycles. The molecule has 5 heteroatoms. The van der Waals surface area contributed by atoms with Crippen LogP contribution in [-0.2, 0) is 0 Å².